The lowest BCUT2D eigenvalue weighted by Gasteiger charge is -2.12. The molecule has 1 aromatic carbocycles. The molecule has 2 aromatic heterocycles. The van der Waals surface area contributed by atoms with E-state index in [0.29, 0.717) is 23.7 Å². The van der Waals surface area contributed by atoms with Gasteiger partial charge in [-0.05, 0) is 31.2 Å². The zero-order chi connectivity index (χ0) is 18.5. The molecule has 0 saturated heterocycles. The predicted molar refractivity (Wildman–Crippen MR) is 99.8 cm³/mol. The van der Waals surface area contributed by atoms with Crippen LogP contribution in [0.25, 0.3) is 10.6 Å². The molecule has 26 heavy (non-hydrogen) atoms. The van der Waals surface area contributed by atoms with E-state index in [-0.39, 0.29) is 11.9 Å². The molecular formula is C18H20N4O3S. The molecule has 8 heteroatoms. The molecule has 0 aliphatic carbocycles. The fourth-order valence-electron chi connectivity index (χ4n) is 2.51. The van der Waals surface area contributed by atoms with Gasteiger partial charge in [-0.3, -0.25) is 9.48 Å². The molecule has 0 spiro atoms. The average Bonchev–Trinajstić information content (AvgIpc) is 3.32. The number of hydrogen-bond donors (Lipinski definition) is 1. The number of rotatable bonds is 7. The van der Waals surface area contributed by atoms with Crippen molar-refractivity contribution >= 4 is 17.2 Å². The van der Waals surface area contributed by atoms with Crippen LogP contribution >= 0.6 is 11.3 Å². The molecule has 3 aromatic rings. The van der Waals surface area contributed by atoms with Gasteiger partial charge in [0.25, 0.3) is 5.91 Å². The van der Waals surface area contributed by atoms with Crippen molar-refractivity contribution in [1.82, 2.24) is 20.1 Å². The van der Waals surface area contributed by atoms with Gasteiger partial charge in [0.15, 0.2) is 11.5 Å². The normalized spacial score (nSPS) is 11.8. The van der Waals surface area contributed by atoms with Crippen molar-refractivity contribution < 1.29 is 14.3 Å². The minimum Gasteiger partial charge on any atom is -0.493 e. The Bertz CT molecular complexity index is 876. The van der Waals surface area contributed by atoms with Crippen LogP contribution in [0.5, 0.6) is 11.5 Å². The quantitative estimate of drug-likeness (QED) is 0.690. The largest absolute Gasteiger partial charge is 0.493 e. The fraction of sp³-hybridized carbons (Fsp3) is 0.278. The number of thiazole rings is 1. The Morgan fingerprint density at radius 3 is 2.81 bits per heavy atom. The third-order valence-corrected chi connectivity index (χ3v) is 4.66. The maximum atomic E-state index is 12.4. The number of hydrogen-bond acceptors (Lipinski definition) is 6. The van der Waals surface area contributed by atoms with Gasteiger partial charge in [0.2, 0.25) is 0 Å². The van der Waals surface area contributed by atoms with Crippen LogP contribution in [0.4, 0.5) is 0 Å². The van der Waals surface area contributed by atoms with E-state index in [0.717, 1.165) is 10.6 Å². The van der Waals surface area contributed by atoms with Gasteiger partial charge in [0.05, 0.1) is 20.8 Å². The number of amides is 1. The molecule has 1 N–H and O–H groups in total. The van der Waals surface area contributed by atoms with Crippen molar-refractivity contribution in [2.45, 2.75) is 19.5 Å². The van der Waals surface area contributed by atoms with Crippen LogP contribution in [0.15, 0.2) is 42.0 Å². The van der Waals surface area contributed by atoms with Crippen LogP contribution in [-0.4, -0.2) is 40.9 Å². The molecule has 0 aliphatic rings. The highest BCUT2D eigenvalue weighted by atomic mass is 32.1. The van der Waals surface area contributed by atoms with Crippen molar-refractivity contribution in [2.75, 3.05) is 14.2 Å². The third-order valence-electron chi connectivity index (χ3n) is 3.76. The van der Waals surface area contributed by atoms with Gasteiger partial charge in [0.1, 0.15) is 10.7 Å². The summed E-state index contributed by atoms with van der Waals surface area (Å²) < 4.78 is 12.3. The van der Waals surface area contributed by atoms with Crippen LogP contribution in [0.1, 0.15) is 17.4 Å². The zero-order valence-electron chi connectivity index (χ0n) is 14.8. The first kappa shape index (κ1) is 17.9. The lowest BCUT2D eigenvalue weighted by Crippen LogP contribution is -2.35. The third kappa shape index (κ3) is 4.02. The Kier molecular flexibility index (Phi) is 5.52. The molecule has 7 nitrogen and oxygen atoms in total. The number of ether oxygens (including phenoxy) is 2. The first-order valence-electron chi connectivity index (χ1n) is 8.07. The molecule has 0 fully saturated rings. The number of methoxy groups -OCH3 is 2. The summed E-state index contributed by atoms with van der Waals surface area (Å²) in [6.07, 6.45) is 3.57. The summed E-state index contributed by atoms with van der Waals surface area (Å²) in [5.41, 5.74) is 1.27. The minimum atomic E-state index is -0.201. The Morgan fingerprint density at radius 1 is 1.31 bits per heavy atom. The predicted octanol–water partition coefficient (Wildman–Crippen LogP) is 2.84. The summed E-state index contributed by atoms with van der Waals surface area (Å²) in [5, 5.41) is 9.58. The Balaban J connectivity index is 1.70. The Hall–Kier alpha value is -2.87. The van der Waals surface area contributed by atoms with Gasteiger partial charge in [-0.2, -0.15) is 5.10 Å². The van der Waals surface area contributed by atoms with Crippen LogP contribution in [0, 0.1) is 0 Å². The van der Waals surface area contributed by atoms with Gasteiger partial charge in [-0.25, -0.2) is 4.98 Å². The van der Waals surface area contributed by atoms with Crippen LogP contribution in [0.2, 0.25) is 0 Å². The lowest BCUT2D eigenvalue weighted by atomic mass is 10.2. The SMILES string of the molecule is COc1ccc(-c2nc(C(=O)N[C@H](C)Cn3cccn3)cs2)cc1OC. The number of benzene rings is 1. The van der Waals surface area contributed by atoms with E-state index >= 15 is 0 Å². The van der Waals surface area contributed by atoms with Gasteiger partial charge in [-0.15, -0.1) is 11.3 Å². The van der Waals surface area contributed by atoms with Crippen LogP contribution in [-0.2, 0) is 6.54 Å². The van der Waals surface area contributed by atoms with Gasteiger partial charge in [0, 0.05) is 29.4 Å². The summed E-state index contributed by atoms with van der Waals surface area (Å²) in [6.45, 7) is 2.53. The first-order chi connectivity index (χ1) is 12.6. The van der Waals surface area contributed by atoms with E-state index in [1.165, 1.54) is 11.3 Å². The number of carbonyl (C=O) groups is 1. The average molecular weight is 372 g/mol. The van der Waals surface area contributed by atoms with E-state index in [4.69, 9.17) is 9.47 Å². The van der Waals surface area contributed by atoms with E-state index in [9.17, 15) is 4.79 Å². The van der Waals surface area contributed by atoms with Crippen molar-refractivity contribution in [3.8, 4) is 22.1 Å². The summed E-state index contributed by atoms with van der Waals surface area (Å²) in [5.74, 6) is 1.07. The van der Waals surface area contributed by atoms with Crippen LogP contribution in [0.3, 0.4) is 0 Å². The first-order valence-corrected chi connectivity index (χ1v) is 8.95. The smallest absolute Gasteiger partial charge is 0.271 e. The van der Waals surface area contributed by atoms with E-state index in [2.05, 4.69) is 15.4 Å². The highest BCUT2D eigenvalue weighted by molar-refractivity contribution is 7.13. The highest BCUT2D eigenvalue weighted by Crippen LogP contribution is 2.33. The second-order valence-electron chi connectivity index (χ2n) is 5.71. The molecule has 0 bridgehead atoms. The summed E-state index contributed by atoms with van der Waals surface area (Å²) in [7, 11) is 3.18. The summed E-state index contributed by atoms with van der Waals surface area (Å²) in [4.78, 5) is 16.9. The maximum Gasteiger partial charge on any atom is 0.271 e. The summed E-state index contributed by atoms with van der Waals surface area (Å²) in [6, 6.07) is 7.35. The molecule has 1 amide bonds. The Morgan fingerprint density at radius 2 is 2.12 bits per heavy atom. The molecule has 0 unspecified atom stereocenters. The fourth-order valence-corrected chi connectivity index (χ4v) is 3.31. The second kappa shape index (κ2) is 8.01. The van der Waals surface area contributed by atoms with E-state index in [1.807, 2.05) is 37.4 Å². The topological polar surface area (TPSA) is 78.3 Å². The van der Waals surface area contributed by atoms with Crippen molar-refractivity contribution in [1.29, 1.82) is 0 Å². The van der Waals surface area contributed by atoms with Gasteiger partial charge in [-0.1, -0.05) is 0 Å². The molecule has 3 rings (SSSR count). The zero-order valence-corrected chi connectivity index (χ0v) is 15.6. The monoisotopic (exact) mass is 372 g/mol. The number of carbonyl (C=O) groups excluding carboxylic acids is 1. The molecule has 2 heterocycles. The van der Waals surface area contributed by atoms with Gasteiger partial charge >= 0.3 is 0 Å². The number of nitrogens with one attached hydrogen (secondary N) is 1. The minimum absolute atomic E-state index is 0.0615. The second-order valence-corrected chi connectivity index (χ2v) is 6.57. The summed E-state index contributed by atoms with van der Waals surface area (Å²) >= 11 is 1.41. The lowest BCUT2D eigenvalue weighted by molar-refractivity contribution is 0.0931. The van der Waals surface area contributed by atoms with E-state index in [1.54, 1.807) is 30.5 Å². The molecule has 0 aliphatic heterocycles. The van der Waals surface area contributed by atoms with Gasteiger partial charge < -0.3 is 14.8 Å². The molecule has 0 saturated carbocycles. The highest BCUT2D eigenvalue weighted by Gasteiger charge is 2.15. The van der Waals surface area contributed by atoms with E-state index < -0.39 is 0 Å². The Labute approximate surface area is 155 Å². The molecular weight excluding hydrogens is 352 g/mol. The standard InChI is InChI=1S/C18H20N4O3S/c1-12(10-22-8-4-7-19-22)20-17(23)14-11-26-18(21-14)13-5-6-15(24-2)16(9-13)25-3/h4-9,11-12H,10H2,1-3H3,(H,20,23)/t12-/m1/s1. The molecule has 136 valence electrons. The van der Waals surface area contributed by atoms with Crippen molar-refractivity contribution in [3.05, 3.63) is 47.7 Å². The molecule has 0 radical (unpaired) electrons. The number of aromatic nitrogens is 3. The van der Waals surface area contributed by atoms with Crippen molar-refractivity contribution in [2.24, 2.45) is 0 Å². The number of nitrogens with zero attached hydrogens (tertiary/aromatic N) is 3. The van der Waals surface area contributed by atoms with Crippen LogP contribution < -0.4 is 14.8 Å². The molecule has 1 atom stereocenters. The maximum absolute atomic E-state index is 12.4. The van der Waals surface area contributed by atoms with Crippen molar-refractivity contribution in [3.63, 3.8) is 0 Å².